The van der Waals surface area contributed by atoms with E-state index < -0.39 is 10.0 Å². The van der Waals surface area contributed by atoms with Crippen molar-refractivity contribution < 1.29 is 13.2 Å². The molecule has 0 atom stereocenters. The topological polar surface area (TPSA) is 81.4 Å². The van der Waals surface area contributed by atoms with Crippen LogP contribution in [0.4, 0.5) is 5.69 Å². The molecule has 5 nitrogen and oxygen atoms in total. The quantitative estimate of drug-likeness (QED) is 0.569. The Hall–Kier alpha value is -0.820. The van der Waals surface area contributed by atoms with Crippen LogP contribution in [0.3, 0.4) is 0 Å². The first-order valence-corrected chi connectivity index (χ1v) is 8.37. The Morgan fingerprint density at radius 1 is 1.35 bits per heavy atom. The van der Waals surface area contributed by atoms with E-state index >= 15 is 0 Å². The zero-order valence-corrected chi connectivity index (χ0v) is 13.4. The van der Waals surface area contributed by atoms with Crippen molar-refractivity contribution in [3.05, 3.63) is 22.7 Å². The predicted octanol–water partition coefficient (Wildman–Crippen LogP) is 2.33. The second-order valence-corrected chi connectivity index (χ2v) is 6.65. The highest BCUT2D eigenvalue weighted by molar-refractivity contribution is 7.89. The maximum atomic E-state index is 12.2. The molecule has 0 aliphatic heterocycles. The lowest BCUT2D eigenvalue weighted by Gasteiger charge is -2.11. The summed E-state index contributed by atoms with van der Waals surface area (Å²) in [5.41, 5.74) is 6.58. The number of anilines is 1. The third-order valence-corrected chi connectivity index (χ3v) is 4.64. The van der Waals surface area contributed by atoms with Gasteiger partial charge in [0, 0.05) is 23.9 Å². The molecule has 3 N–H and O–H groups in total. The lowest BCUT2D eigenvalue weighted by atomic mass is 10.2. The molecule has 0 aliphatic carbocycles. The van der Waals surface area contributed by atoms with Gasteiger partial charge in [-0.05, 0) is 31.0 Å². The molecule has 0 amide bonds. The van der Waals surface area contributed by atoms with Gasteiger partial charge in [0.15, 0.2) is 0 Å². The number of sulfonamides is 1. The molecule has 0 spiro atoms. The van der Waals surface area contributed by atoms with Gasteiger partial charge in [0.25, 0.3) is 0 Å². The molecule has 114 valence electrons. The minimum absolute atomic E-state index is 0.107. The summed E-state index contributed by atoms with van der Waals surface area (Å²) >= 11 is 5.85. The van der Waals surface area contributed by atoms with Crippen LogP contribution in [0.5, 0.6) is 0 Å². The van der Waals surface area contributed by atoms with Gasteiger partial charge in [-0.25, -0.2) is 13.1 Å². The highest BCUT2D eigenvalue weighted by Crippen LogP contribution is 2.25. The van der Waals surface area contributed by atoms with Crippen LogP contribution < -0.4 is 10.5 Å². The number of nitrogens with two attached hydrogens (primary N) is 1. The second-order valence-electron chi connectivity index (χ2n) is 4.48. The van der Waals surface area contributed by atoms with E-state index in [9.17, 15) is 8.42 Å². The lowest BCUT2D eigenvalue weighted by Crippen LogP contribution is -2.28. The summed E-state index contributed by atoms with van der Waals surface area (Å²) < 4.78 is 32.1. The number of ether oxygens (including phenoxy) is 1. The molecular weight excluding hydrogens is 300 g/mol. The first-order chi connectivity index (χ1) is 9.38. The van der Waals surface area contributed by atoms with Gasteiger partial charge >= 0.3 is 0 Å². The average molecular weight is 321 g/mol. The molecule has 1 rings (SSSR count). The molecule has 0 aromatic heterocycles. The number of nitrogens with one attached hydrogen (secondary N) is 1. The van der Waals surface area contributed by atoms with E-state index in [1.165, 1.54) is 12.1 Å². The van der Waals surface area contributed by atoms with Crippen molar-refractivity contribution in [1.29, 1.82) is 0 Å². The molecule has 20 heavy (non-hydrogen) atoms. The number of rotatable bonds is 8. The van der Waals surface area contributed by atoms with Gasteiger partial charge in [0.05, 0.1) is 11.5 Å². The molecule has 0 saturated heterocycles. The summed E-state index contributed by atoms with van der Waals surface area (Å²) in [7, 11) is -3.62. The Morgan fingerprint density at radius 2 is 2.05 bits per heavy atom. The van der Waals surface area contributed by atoms with Crippen molar-refractivity contribution in [2.24, 2.45) is 0 Å². The molecule has 1 aromatic carbocycles. The average Bonchev–Trinajstić information content (AvgIpc) is 2.37. The first kappa shape index (κ1) is 17.2. The van der Waals surface area contributed by atoms with Crippen LogP contribution in [0.2, 0.25) is 5.02 Å². The fraction of sp³-hybridized carbons (Fsp3) is 0.538. The minimum atomic E-state index is -3.62. The summed E-state index contributed by atoms with van der Waals surface area (Å²) in [4.78, 5) is 0.107. The van der Waals surface area contributed by atoms with Crippen molar-refractivity contribution in [2.75, 3.05) is 25.5 Å². The zero-order valence-electron chi connectivity index (χ0n) is 11.8. The SMILES string of the molecule is CCCCOCCNS(=O)(=O)c1cc(Cl)cc(N)c1C. The van der Waals surface area contributed by atoms with E-state index in [1.807, 2.05) is 0 Å². The molecule has 1 aromatic rings. The fourth-order valence-electron chi connectivity index (χ4n) is 1.63. The van der Waals surface area contributed by atoms with Crippen LogP contribution in [-0.2, 0) is 14.8 Å². The normalized spacial score (nSPS) is 11.8. The summed E-state index contributed by atoms with van der Waals surface area (Å²) in [6.07, 6.45) is 2.02. The van der Waals surface area contributed by atoms with Gasteiger partial charge in [0.2, 0.25) is 10.0 Å². The molecule has 0 bridgehead atoms. The van der Waals surface area contributed by atoms with Crippen molar-refractivity contribution in [3.63, 3.8) is 0 Å². The molecule has 0 aliphatic rings. The monoisotopic (exact) mass is 320 g/mol. The number of hydrogen-bond donors (Lipinski definition) is 2. The van der Waals surface area contributed by atoms with Crippen LogP contribution in [-0.4, -0.2) is 28.2 Å². The number of nitrogen functional groups attached to an aromatic ring is 1. The van der Waals surface area contributed by atoms with Crippen molar-refractivity contribution in [3.8, 4) is 0 Å². The molecular formula is C13H21ClN2O3S. The zero-order chi connectivity index (χ0) is 15.2. The Labute approximate surface area is 125 Å². The van der Waals surface area contributed by atoms with Gasteiger partial charge in [-0.3, -0.25) is 0 Å². The van der Waals surface area contributed by atoms with E-state index in [-0.39, 0.29) is 11.4 Å². The summed E-state index contributed by atoms with van der Waals surface area (Å²) in [6.45, 7) is 4.92. The lowest BCUT2D eigenvalue weighted by molar-refractivity contribution is 0.136. The van der Waals surface area contributed by atoms with Crippen LogP contribution in [0.15, 0.2) is 17.0 Å². The molecule has 0 unspecified atom stereocenters. The molecule has 0 saturated carbocycles. The minimum Gasteiger partial charge on any atom is -0.398 e. The summed E-state index contributed by atoms with van der Waals surface area (Å²) in [5.74, 6) is 0. The van der Waals surface area contributed by atoms with E-state index in [0.29, 0.717) is 29.5 Å². The standard InChI is InChI=1S/C13H21ClN2O3S/c1-3-4-6-19-7-5-16-20(17,18)13-9-11(14)8-12(15)10(13)2/h8-9,16H,3-7,15H2,1-2H3. The maximum absolute atomic E-state index is 12.2. The molecule has 0 heterocycles. The third-order valence-electron chi connectivity index (χ3n) is 2.84. The van der Waals surface area contributed by atoms with Crippen LogP contribution in [0, 0.1) is 6.92 Å². The third kappa shape index (κ3) is 4.94. The van der Waals surface area contributed by atoms with Crippen LogP contribution in [0.1, 0.15) is 25.3 Å². The van der Waals surface area contributed by atoms with Gasteiger partial charge in [-0.15, -0.1) is 0 Å². The molecule has 0 radical (unpaired) electrons. The largest absolute Gasteiger partial charge is 0.398 e. The Kier molecular flexibility index (Phi) is 6.75. The van der Waals surface area contributed by atoms with E-state index in [1.54, 1.807) is 6.92 Å². The number of halogens is 1. The summed E-state index contributed by atoms with van der Waals surface area (Å²) in [6, 6.07) is 2.93. The molecule has 0 fully saturated rings. The van der Waals surface area contributed by atoms with Crippen LogP contribution >= 0.6 is 11.6 Å². The number of benzene rings is 1. The van der Waals surface area contributed by atoms with Gasteiger partial charge in [0.1, 0.15) is 0 Å². The molecule has 7 heteroatoms. The van der Waals surface area contributed by atoms with Crippen molar-refractivity contribution in [1.82, 2.24) is 4.72 Å². The first-order valence-electron chi connectivity index (χ1n) is 6.51. The van der Waals surface area contributed by atoms with Gasteiger partial charge in [-0.2, -0.15) is 0 Å². The highest BCUT2D eigenvalue weighted by Gasteiger charge is 2.18. The number of unbranched alkanes of at least 4 members (excludes halogenated alkanes) is 1. The predicted molar refractivity (Wildman–Crippen MR) is 81.5 cm³/mol. The second kappa shape index (κ2) is 7.83. The smallest absolute Gasteiger partial charge is 0.241 e. The Bertz CT molecular complexity index is 547. The Balaban J connectivity index is 2.65. The van der Waals surface area contributed by atoms with Gasteiger partial charge < -0.3 is 10.5 Å². The van der Waals surface area contributed by atoms with Gasteiger partial charge in [-0.1, -0.05) is 24.9 Å². The van der Waals surface area contributed by atoms with Crippen molar-refractivity contribution in [2.45, 2.75) is 31.6 Å². The van der Waals surface area contributed by atoms with E-state index in [4.69, 9.17) is 22.1 Å². The van der Waals surface area contributed by atoms with Crippen molar-refractivity contribution >= 4 is 27.3 Å². The van der Waals surface area contributed by atoms with Crippen LogP contribution in [0.25, 0.3) is 0 Å². The Morgan fingerprint density at radius 3 is 2.70 bits per heavy atom. The highest BCUT2D eigenvalue weighted by atomic mass is 35.5. The van der Waals surface area contributed by atoms with E-state index in [2.05, 4.69) is 11.6 Å². The number of hydrogen-bond acceptors (Lipinski definition) is 4. The maximum Gasteiger partial charge on any atom is 0.241 e. The fourth-order valence-corrected chi connectivity index (χ4v) is 3.23. The van der Waals surface area contributed by atoms with E-state index in [0.717, 1.165) is 12.8 Å². The summed E-state index contributed by atoms with van der Waals surface area (Å²) in [5, 5.41) is 0.299.